The van der Waals surface area contributed by atoms with E-state index in [4.69, 9.17) is 15.9 Å². The predicted molar refractivity (Wildman–Crippen MR) is 77.1 cm³/mol. The molecular weight excluding hydrogens is 238 g/mol. The second kappa shape index (κ2) is 4.76. The van der Waals surface area contributed by atoms with Crippen LogP contribution in [-0.4, -0.2) is 26.0 Å². The van der Waals surface area contributed by atoms with Gasteiger partial charge in [0, 0.05) is 24.7 Å². The lowest BCUT2D eigenvalue weighted by Crippen LogP contribution is -2.25. The van der Waals surface area contributed by atoms with Crippen molar-refractivity contribution in [2.24, 2.45) is 17.6 Å². The standard InChI is InChI=1S/C15H21N3O/c1-19-12-5-6-13(15(16)17)14(7-12)18-8-10-3-2-4-11(10)9-18/h5-7,10-11H,2-4,8-9H2,1H3,(H3,16,17). The largest absolute Gasteiger partial charge is 0.497 e. The molecule has 4 nitrogen and oxygen atoms in total. The first-order chi connectivity index (χ1) is 9.19. The number of methoxy groups -OCH3 is 1. The van der Waals surface area contributed by atoms with Gasteiger partial charge in [-0.25, -0.2) is 0 Å². The first kappa shape index (κ1) is 12.3. The lowest BCUT2D eigenvalue weighted by molar-refractivity contribution is 0.415. The highest BCUT2D eigenvalue weighted by Crippen LogP contribution is 2.40. The number of fused-ring (bicyclic) bond motifs is 1. The quantitative estimate of drug-likeness (QED) is 0.646. The van der Waals surface area contributed by atoms with Crippen molar-refractivity contribution in [3.8, 4) is 5.75 Å². The maximum Gasteiger partial charge on any atom is 0.124 e. The molecule has 1 heterocycles. The lowest BCUT2D eigenvalue weighted by atomic mass is 10.0. The van der Waals surface area contributed by atoms with Crippen molar-refractivity contribution in [1.82, 2.24) is 0 Å². The molecule has 0 radical (unpaired) electrons. The number of amidine groups is 1. The smallest absolute Gasteiger partial charge is 0.124 e. The monoisotopic (exact) mass is 259 g/mol. The van der Waals surface area contributed by atoms with Crippen LogP contribution in [-0.2, 0) is 0 Å². The highest BCUT2D eigenvalue weighted by molar-refractivity contribution is 6.00. The maximum atomic E-state index is 7.74. The van der Waals surface area contributed by atoms with E-state index in [-0.39, 0.29) is 5.84 Å². The van der Waals surface area contributed by atoms with E-state index in [1.807, 2.05) is 18.2 Å². The van der Waals surface area contributed by atoms with Crippen LogP contribution < -0.4 is 15.4 Å². The van der Waals surface area contributed by atoms with Gasteiger partial charge in [0.2, 0.25) is 0 Å². The van der Waals surface area contributed by atoms with Crippen molar-refractivity contribution in [1.29, 1.82) is 5.41 Å². The van der Waals surface area contributed by atoms with Gasteiger partial charge in [0.15, 0.2) is 0 Å². The van der Waals surface area contributed by atoms with Crippen LogP contribution in [0.3, 0.4) is 0 Å². The predicted octanol–water partition coefficient (Wildman–Crippen LogP) is 2.22. The number of benzene rings is 1. The Morgan fingerprint density at radius 3 is 2.58 bits per heavy atom. The molecule has 1 aliphatic carbocycles. The van der Waals surface area contributed by atoms with Crippen LogP contribution in [0, 0.1) is 17.2 Å². The number of anilines is 1. The Morgan fingerprint density at radius 2 is 2.00 bits per heavy atom. The van der Waals surface area contributed by atoms with E-state index in [9.17, 15) is 0 Å². The van der Waals surface area contributed by atoms with Gasteiger partial charge in [0.05, 0.1) is 12.8 Å². The van der Waals surface area contributed by atoms with Crippen LogP contribution in [0.4, 0.5) is 5.69 Å². The zero-order valence-electron chi connectivity index (χ0n) is 11.4. The van der Waals surface area contributed by atoms with E-state index in [1.54, 1.807) is 7.11 Å². The van der Waals surface area contributed by atoms with E-state index < -0.39 is 0 Å². The molecule has 2 aliphatic rings. The Bertz CT molecular complexity index is 488. The van der Waals surface area contributed by atoms with Crippen LogP contribution in [0.25, 0.3) is 0 Å². The van der Waals surface area contributed by atoms with Crippen molar-refractivity contribution in [2.75, 3.05) is 25.1 Å². The van der Waals surface area contributed by atoms with Crippen molar-refractivity contribution in [3.05, 3.63) is 23.8 Å². The first-order valence-electron chi connectivity index (χ1n) is 6.96. The molecule has 3 N–H and O–H groups in total. The third-order valence-corrected chi connectivity index (χ3v) is 4.56. The highest BCUT2D eigenvalue weighted by Gasteiger charge is 2.36. The summed E-state index contributed by atoms with van der Waals surface area (Å²) < 4.78 is 5.31. The molecule has 2 atom stereocenters. The normalized spacial score (nSPS) is 25.4. The average Bonchev–Trinajstić information content (AvgIpc) is 2.98. The summed E-state index contributed by atoms with van der Waals surface area (Å²) in [7, 11) is 1.67. The van der Waals surface area contributed by atoms with Crippen molar-refractivity contribution >= 4 is 11.5 Å². The molecule has 1 aliphatic heterocycles. The Hall–Kier alpha value is -1.71. The molecule has 2 fully saturated rings. The van der Waals surface area contributed by atoms with Crippen molar-refractivity contribution < 1.29 is 4.74 Å². The number of nitrogens with one attached hydrogen (secondary N) is 1. The minimum absolute atomic E-state index is 0.134. The molecule has 4 heteroatoms. The third kappa shape index (κ3) is 2.15. The molecule has 1 aromatic carbocycles. The molecule has 19 heavy (non-hydrogen) atoms. The average molecular weight is 259 g/mol. The fraction of sp³-hybridized carbons (Fsp3) is 0.533. The topological polar surface area (TPSA) is 62.3 Å². The summed E-state index contributed by atoms with van der Waals surface area (Å²) in [6, 6.07) is 5.78. The van der Waals surface area contributed by atoms with Crippen LogP contribution in [0.2, 0.25) is 0 Å². The van der Waals surface area contributed by atoms with Crippen LogP contribution in [0.15, 0.2) is 18.2 Å². The summed E-state index contributed by atoms with van der Waals surface area (Å²) in [6.45, 7) is 2.19. The highest BCUT2D eigenvalue weighted by atomic mass is 16.5. The van der Waals surface area contributed by atoms with Gasteiger partial charge >= 0.3 is 0 Å². The minimum atomic E-state index is 0.134. The van der Waals surface area contributed by atoms with E-state index >= 15 is 0 Å². The van der Waals surface area contributed by atoms with Gasteiger partial charge in [0.1, 0.15) is 11.6 Å². The molecule has 1 saturated carbocycles. The zero-order chi connectivity index (χ0) is 13.4. The number of hydrogen-bond donors (Lipinski definition) is 2. The molecule has 0 spiro atoms. The molecule has 1 aromatic rings. The fourth-order valence-electron chi connectivity index (χ4n) is 3.56. The Labute approximate surface area is 114 Å². The van der Waals surface area contributed by atoms with Crippen LogP contribution >= 0.6 is 0 Å². The summed E-state index contributed by atoms with van der Waals surface area (Å²) in [5.41, 5.74) is 7.58. The number of nitrogens with two attached hydrogens (primary N) is 1. The molecule has 3 rings (SSSR count). The number of nitrogen functional groups attached to an aromatic ring is 1. The van der Waals surface area contributed by atoms with Crippen molar-refractivity contribution in [3.63, 3.8) is 0 Å². The maximum absolute atomic E-state index is 7.74. The lowest BCUT2D eigenvalue weighted by Gasteiger charge is -2.23. The van der Waals surface area contributed by atoms with Gasteiger partial charge in [0.25, 0.3) is 0 Å². The van der Waals surface area contributed by atoms with Gasteiger partial charge in [-0.2, -0.15) is 0 Å². The Morgan fingerprint density at radius 1 is 1.32 bits per heavy atom. The van der Waals surface area contributed by atoms with Gasteiger partial charge in [-0.3, -0.25) is 5.41 Å². The number of rotatable bonds is 3. The summed E-state index contributed by atoms with van der Waals surface area (Å²) >= 11 is 0. The van der Waals surface area contributed by atoms with Crippen LogP contribution in [0.5, 0.6) is 5.75 Å². The summed E-state index contributed by atoms with van der Waals surface area (Å²) in [5, 5.41) is 7.74. The van der Waals surface area contributed by atoms with Crippen molar-refractivity contribution in [2.45, 2.75) is 19.3 Å². The molecule has 0 amide bonds. The third-order valence-electron chi connectivity index (χ3n) is 4.56. The van der Waals surface area contributed by atoms with E-state index in [0.29, 0.717) is 0 Å². The van der Waals surface area contributed by atoms with Crippen LogP contribution in [0.1, 0.15) is 24.8 Å². The van der Waals surface area contributed by atoms with E-state index in [0.717, 1.165) is 41.9 Å². The number of hydrogen-bond acceptors (Lipinski definition) is 3. The molecule has 0 aromatic heterocycles. The molecular formula is C15H21N3O. The number of nitrogens with zero attached hydrogens (tertiary/aromatic N) is 1. The molecule has 0 bridgehead atoms. The zero-order valence-corrected chi connectivity index (χ0v) is 11.4. The molecule has 102 valence electrons. The summed E-state index contributed by atoms with van der Waals surface area (Å²) in [4.78, 5) is 2.38. The second-order valence-corrected chi connectivity index (χ2v) is 5.65. The first-order valence-corrected chi connectivity index (χ1v) is 6.96. The van der Waals surface area contributed by atoms with Gasteiger partial charge in [-0.05, 0) is 36.8 Å². The molecule has 1 saturated heterocycles. The summed E-state index contributed by atoms with van der Waals surface area (Å²) in [5.74, 6) is 2.61. The molecule has 2 unspecified atom stereocenters. The Kier molecular flexibility index (Phi) is 3.09. The van der Waals surface area contributed by atoms with E-state index in [1.165, 1.54) is 19.3 Å². The van der Waals surface area contributed by atoms with Gasteiger partial charge < -0.3 is 15.4 Å². The Balaban J connectivity index is 1.92. The van der Waals surface area contributed by atoms with E-state index in [2.05, 4.69) is 4.90 Å². The SMILES string of the molecule is COc1ccc(C(=N)N)c(N2CC3CCCC3C2)c1. The van der Waals surface area contributed by atoms with Gasteiger partial charge in [-0.1, -0.05) is 6.42 Å². The minimum Gasteiger partial charge on any atom is -0.497 e. The number of ether oxygens (including phenoxy) is 1. The summed E-state index contributed by atoms with van der Waals surface area (Å²) in [6.07, 6.45) is 4.07. The fourth-order valence-corrected chi connectivity index (χ4v) is 3.56. The van der Waals surface area contributed by atoms with Gasteiger partial charge in [-0.15, -0.1) is 0 Å². The second-order valence-electron chi connectivity index (χ2n) is 5.65.